The Hall–Kier alpha value is -2.44. The summed E-state index contributed by atoms with van der Waals surface area (Å²) in [6, 6.07) is -1.04. The van der Waals surface area contributed by atoms with Gasteiger partial charge in [0.2, 0.25) is 17.7 Å². The molecule has 2 rings (SSSR count). The minimum Gasteiger partial charge on any atom is -0.508 e. The number of likely N-dealkylation sites (N-methyl/N-ethyl adjacent to an activating group) is 1. The minimum atomic E-state index is -1.28. The molecule has 0 heterocycles. The van der Waals surface area contributed by atoms with Gasteiger partial charge in [-0.2, -0.15) is 25.3 Å². The van der Waals surface area contributed by atoms with Crippen LogP contribution in [0.25, 0.3) is 0 Å². The number of aliphatic carboxylic acids is 1. The van der Waals surface area contributed by atoms with Crippen molar-refractivity contribution in [3.63, 3.8) is 0 Å². The van der Waals surface area contributed by atoms with Crippen LogP contribution in [0.2, 0.25) is 0 Å². The lowest BCUT2D eigenvalue weighted by Crippen LogP contribution is -2.60. The van der Waals surface area contributed by atoms with E-state index in [-0.39, 0.29) is 23.8 Å². The number of amides is 3. The zero-order valence-electron chi connectivity index (χ0n) is 24.6. The Morgan fingerprint density at radius 2 is 1.63 bits per heavy atom. The minimum absolute atomic E-state index is 0.0297. The molecule has 0 saturated heterocycles. The first-order valence-electron chi connectivity index (χ1n) is 14.0. The highest BCUT2D eigenvalue weighted by molar-refractivity contribution is 7.81. The zero-order valence-corrected chi connectivity index (χ0v) is 26.4. The van der Waals surface area contributed by atoms with Crippen LogP contribution in [0.1, 0.15) is 69.1 Å². The topological polar surface area (TPSA) is 162 Å². The number of thiol groups is 2. The third kappa shape index (κ3) is 9.82. The molecule has 1 aromatic rings. The summed E-state index contributed by atoms with van der Waals surface area (Å²) in [7, 11) is 1.49. The number of hydrogen-bond donors (Lipinski definition) is 7. The van der Waals surface area contributed by atoms with Crippen molar-refractivity contribution in [1.82, 2.24) is 15.5 Å². The first-order chi connectivity index (χ1) is 19.1. The van der Waals surface area contributed by atoms with Gasteiger partial charge in [0.25, 0.3) is 0 Å². The second kappa shape index (κ2) is 15.2. The maximum atomic E-state index is 13.6. The van der Waals surface area contributed by atoms with E-state index in [0.717, 1.165) is 48.8 Å². The molecule has 1 saturated carbocycles. The van der Waals surface area contributed by atoms with E-state index in [1.165, 1.54) is 11.9 Å². The van der Waals surface area contributed by atoms with E-state index in [9.17, 15) is 29.4 Å². The van der Waals surface area contributed by atoms with Crippen LogP contribution in [0, 0.1) is 19.8 Å². The van der Waals surface area contributed by atoms with Crippen LogP contribution in [-0.4, -0.2) is 80.5 Å². The van der Waals surface area contributed by atoms with Crippen LogP contribution in [0.5, 0.6) is 5.75 Å². The summed E-state index contributed by atoms with van der Waals surface area (Å²) < 4.78 is -1.05. The number of aromatic hydroxyl groups is 1. The number of aryl methyl sites for hydroxylation is 2. The second-order valence-electron chi connectivity index (χ2n) is 11.8. The molecule has 12 heteroatoms. The molecule has 41 heavy (non-hydrogen) atoms. The van der Waals surface area contributed by atoms with Gasteiger partial charge in [-0.15, -0.1) is 0 Å². The van der Waals surface area contributed by atoms with E-state index < -0.39 is 52.6 Å². The summed E-state index contributed by atoms with van der Waals surface area (Å²) >= 11 is 8.64. The third-order valence-corrected chi connectivity index (χ3v) is 8.50. The van der Waals surface area contributed by atoms with Crippen molar-refractivity contribution in [1.29, 1.82) is 0 Å². The molecule has 10 nitrogen and oxygen atoms in total. The van der Waals surface area contributed by atoms with Crippen molar-refractivity contribution < 1.29 is 29.4 Å². The van der Waals surface area contributed by atoms with Crippen molar-refractivity contribution in [3.8, 4) is 5.75 Å². The summed E-state index contributed by atoms with van der Waals surface area (Å²) in [5.74, 6) is -2.57. The molecule has 6 N–H and O–H groups in total. The monoisotopic (exact) mass is 610 g/mol. The fraction of sp³-hybridized carbons (Fsp3) is 0.655. The predicted molar refractivity (Wildman–Crippen MR) is 165 cm³/mol. The zero-order chi connectivity index (χ0) is 31.1. The molecule has 0 aliphatic heterocycles. The number of hydrogen-bond acceptors (Lipinski definition) is 8. The summed E-state index contributed by atoms with van der Waals surface area (Å²) in [4.78, 5) is 53.4. The number of carbonyl (C=O) groups excluding carboxylic acids is 3. The summed E-state index contributed by atoms with van der Waals surface area (Å²) in [6.45, 7) is 6.83. The Balaban J connectivity index is 2.22. The van der Waals surface area contributed by atoms with Crippen LogP contribution in [0.15, 0.2) is 12.1 Å². The largest absolute Gasteiger partial charge is 0.508 e. The van der Waals surface area contributed by atoms with Crippen LogP contribution in [-0.2, 0) is 25.6 Å². The van der Waals surface area contributed by atoms with Crippen molar-refractivity contribution in [2.75, 3.05) is 12.8 Å². The highest BCUT2D eigenvalue weighted by Gasteiger charge is 2.39. The molecule has 1 aliphatic carbocycles. The van der Waals surface area contributed by atoms with Gasteiger partial charge in [-0.1, -0.05) is 32.1 Å². The lowest BCUT2D eigenvalue weighted by Gasteiger charge is -2.35. The molecule has 0 aromatic heterocycles. The highest BCUT2D eigenvalue weighted by Crippen LogP contribution is 2.29. The summed E-state index contributed by atoms with van der Waals surface area (Å²) in [5, 5.41) is 24.8. The Labute approximate surface area is 254 Å². The van der Waals surface area contributed by atoms with E-state index in [2.05, 4.69) is 35.9 Å². The molecular weight excluding hydrogens is 564 g/mol. The Kier molecular flexibility index (Phi) is 12.8. The number of rotatable bonds is 13. The number of benzene rings is 1. The first kappa shape index (κ1) is 34.8. The van der Waals surface area contributed by atoms with Crippen molar-refractivity contribution in [3.05, 3.63) is 28.8 Å². The average Bonchev–Trinajstić information content (AvgIpc) is 2.89. The molecule has 0 bridgehead atoms. The van der Waals surface area contributed by atoms with Crippen LogP contribution in [0.4, 0.5) is 0 Å². The molecule has 1 aliphatic rings. The van der Waals surface area contributed by atoms with E-state index in [1.807, 2.05) is 13.8 Å². The van der Waals surface area contributed by atoms with Crippen LogP contribution >= 0.6 is 25.3 Å². The van der Waals surface area contributed by atoms with Gasteiger partial charge in [0.05, 0.1) is 6.04 Å². The molecule has 1 aromatic carbocycles. The van der Waals surface area contributed by atoms with Crippen LogP contribution < -0.4 is 16.4 Å². The smallest absolute Gasteiger partial charge is 0.327 e. The highest BCUT2D eigenvalue weighted by atomic mass is 32.1. The fourth-order valence-corrected chi connectivity index (χ4v) is 5.85. The maximum Gasteiger partial charge on any atom is 0.327 e. The standard InChI is InChI=1S/C29H46N4O6S2/c1-16-11-19(34)12-17(2)20(16)14-21(30)25(35)31-22(15-40)27(37)33(5)23(13-18-9-7-6-8-10-18)26(36)32-24(28(38)39)29(3,4)41/h11-12,18,21-24,34,40-41H,6-10,13-15,30H2,1-5H3,(H,31,35)(H,32,36)(H,38,39)/t21-,22+,23-,24-/m0/s1. The van der Waals surface area contributed by atoms with Gasteiger partial charge < -0.3 is 31.5 Å². The molecule has 1 fully saturated rings. The SMILES string of the molecule is Cc1cc(O)cc(C)c1C[C@H](N)C(=O)N[C@H](CS)C(=O)N(C)[C@@H](CC1CCCCC1)C(=O)N[C@@H](C(=O)O)C(C)(C)S. The van der Waals surface area contributed by atoms with Gasteiger partial charge in [0.1, 0.15) is 23.9 Å². The number of nitrogens with two attached hydrogens (primary N) is 1. The quantitative estimate of drug-likeness (QED) is 0.169. The average molecular weight is 611 g/mol. The van der Waals surface area contributed by atoms with Gasteiger partial charge in [-0.3, -0.25) is 14.4 Å². The molecule has 230 valence electrons. The first-order valence-corrected chi connectivity index (χ1v) is 15.1. The normalized spacial score (nSPS) is 17.2. The lowest BCUT2D eigenvalue weighted by atomic mass is 9.84. The van der Waals surface area contributed by atoms with Gasteiger partial charge in [-0.05, 0) is 75.3 Å². The number of nitrogens with zero attached hydrogens (tertiary/aromatic N) is 1. The lowest BCUT2D eigenvalue weighted by molar-refractivity contribution is -0.146. The van der Waals surface area contributed by atoms with Crippen molar-refractivity contribution in [2.45, 2.75) is 102 Å². The fourth-order valence-electron chi connectivity index (χ4n) is 5.43. The number of carboxylic acid groups (broad SMARTS) is 1. The van der Waals surface area contributed by atoms with E-state index in [0.29, 0.717) is 6.42 Å². The van der Waals surface area contributed by atoms with Gasteiger partial charge in [-0.25, -0.2) is 4.79 Å². The van der Waals surface area contributed by atoms with Gasteiger partial charge >= 0.3 is 5.97 Å². The molecule has 3 amide bonds. The summed E-state index contributed by atoms with van der Waals surface area (Å²) in [5.41, 5.74) is 8.64. The number of phenolic OH excluding ortho intramolecular Hbond substituents is 1. The molecule has 0 unspecified atom stereocenters. The van der Waals surface area contributed by atoms with Gasteiger partial charge in [0.15, 0.2) is 0 Å². The van der Waals surface area contributed by atoms with Crippen molar-refractivity contribution >= 4 is 48.9 Å². The maximum absolute atomic E-state index is 13.6. The Bertz CT molecular complexity index is 1080. The molecular formula is C29H46N4O6S2. The molecule has 0 spiro atoms. The second-order valence-corrected chi connectivity index (χ2v) is 13.3. The molecule has 0 radical (unpaired) electrons. The summed E-state index contributed by atoms with van der Waals surface area (Å²) in [6.07, 6.45) is 5.61. The number of carbonyl (C=O) groups is 4. The molecule has 4 atom stereocenters. The van der Waals surface area contributed by atoms with Gasteiger partial charge in [0, 0.05) is 17.5 Å². The predicted octanol–water partition coefficient (Wildman–Crippen LogP) is 2.37. The third-order valence-electron chi connectivity index (χ3n) is 7.88. The Morgan fingerprint density at radius 1 is 1.07 bits per heavy atom. The van der Waals surface area contributed by atoms with Crippen LogP contribution in [0.3, 0.4) is 0 Å². The Morgan fingerprint density at radius 3 is 2.12 bits per heavy atom. The number of carboxylic acids is 1. The van der Waals surface area contributed by atoms with E-state index in [4.69, 9.17) is 5.73 Å². The van der Waals surface area contributed by atoms with Crippen molar-refractivity contribution in [2.24, 2.45) is 11.7 Å². The number of nitrogens with one attached hydrogen (secondary N) is 2. The number of phenols is 1. The van der Waals surface area contributed by atoms with E-state index >= 15 is 0 Å². The van der Waals surface area contributed by atoms with E-state index in [1.54, 1.807) is 26.0 Å².